The summed E-state index contributed by atoms with van der Waals surface area (Å²) in [6.45, 7) is 0. The number of carbonyl (C=O) groups is 1. The molecule has 4 rings (SSSR count). The normalized spacial score (nSPS) is 15.8. The summed E-state index contributed by atoms with van der Waals surface area (Å²) in [5, 5.41) is 12.6. The van der Waals surface area contributed by atoms with E-state index in [0.717, 1.165) is 5.69 Å². The predicted octanol–water partition coefficient (Wildman–Crippen LogP) is 1.09. The minimum Gasteiger partial charge on any atom is -0.478 e. The molecule has 2 aliphatic rings. The van der Waals surface area contributed by atoms with Crippen molar-refractivity contribution in [3.63, 3.8) is 0 Å². The zero-order valence-corrected chi connectivity index (χ0v) is 12.5. The van der Waals surface area contributed by atoms with Crippen LogP contribution < -0.4 is 21.7 Å². The van der Waals surface area contributed by atoms with Gasteiger partial charge >= 0.3 is 5.97 Å². The molecule has 0 fully saturated rings. The van der Waals surface area contributed by atoms with E-state index in [0.29, 0.717) is 17.1 Å². The van der Waals surface area contributed by atoms with E-state index < -0.39 is 5.97 Å². The van der Waals surface area contributed by atoms with Crippen molar-refractivity contribution in [1.29, 1.82) is 0 Å². The fourth-order valence-corrected chi connectivity index (χ4v) is 2.61. The molecule has 8 nitrogen and oxygen atoms in total. The number of rotatable bonds is 3. The standard InChI is InChI=1S/C16H14N6O2/c17-16-18-14-13(10-5-4-6-11(9-10)15(23)24)19-21(22(14)20-16)12-7-2-1-3-8-12/h1-9,19H,(H,23,24)(H3,17,18,20). The van der Waals surface area contributed by atoms with Gasteiger partial charge in [0.1, 0.15) is 5.70 Å². The number of para-hydroxylation sites is 1. The molecule has 0 unspecified atom stereocenters. The van der Waals surface area contributed by atoms with Crippen LogP contribution in [0.4, 0.5) is 5.69 Å². The van der Waals surface area contributed by atoms with E-state index in [-0.39, 0.29) is 11.5 Å². The van der Waals surface area contributed by atoms with Crippen molar-refractivity contribution in [1.82, 2.24) is 16.0 Å². The van der Waals surface area contributed by atoms with Crippen molar-refractivity contribution >= 4 is 23.3 Å². The first-order valence-corrected chi connectivity index (χ1v) is 7.24. The lowest BCUT2D eigenvalue weighted by Crippen LogP contribution is -2.51. The molecule has 0 saturated heterocycles. The largest absolute Gasteiger partial charge is 0.478 e. The molecule has 0 amide bonds. The Bertz CT molecular complexity index is 877. The highest BCUT2D eigenvalue weighted by Gasteiger charge is 2.35. The zero-order chi connectivity index (χ0) is 16.7. The van der Waals surface area contributed by atoms with Crippen molar-refractivity contribution in [2.24, 2.45) is 10.7 Å². The Morgan fingerprint density at radius 1 is 1.04 bits per heavy atom. The molecule has 8 heteroatoms. The molecule has 2 aliphatic heterocycles. The van der Waals surface area contributed by atoms with Crippen molar-refractivity contribution in [3.05, 3.63) is 71.5 Å². The minimum atomic E-state index is -0.982. The number of carboxylic acids is 1. The van der Waals surface area contributed by atoms with Crippen molar-refractivity contribution in [2.75, 3.05) is 5.12 Å². The molecule has 2 aromatic carbocycles. The van der Waals surface area contributed by atoms with Crippen molar-refractivity contribution < 1.29 is 9.90 Å². The number of benzene rings is 2. The van der Waals surface area contributed by atoms with E-state index >= 15 is 0 Å². The van der Waals surface area contributed by atoms with Crippen LogP contribution >= 0.6 is 0 Å². The molecule has 0 spiro atoms. The summed E-state index contributed by atoms with van der Waals surface area (Å²) in [6, 6.07) is 16.3. The maximum atomic E-state index is 11.2. The fraction of sp³-hybridized carbons (Fsp3) is 0. The van der Waals surface area contributed by atoms with Crippen LogP contribution in [0.5, 0.6) is 0 Å². The average Bonchev–Trinajstić information content (AvgIpc) is 3.13. The number of nitrogens with one attached hydrogen (secondary N) is 2. The van der Waals surface area contributed by atoms with Gasteiger partial charge in [0.05, 0.1) is 11.3 Å². The van der Waals surface area contributed by atoms with Crippen molar-refractivity contribution in [3.8, 4) is 0 Å². The van der Waals surface area contributed by atoms with Crippen LogP contribution in [0.3, 0.4) is 0 Å². The number of fused-ring (bicyclic) bond motifs is 1. The summed E-state index contributed by atoms with van der Waals surface area (Å²) in [4.78, 5) is 15.5. The second-order valence-electron chi connectivity index (χ2n) is 5.26. The topological polar surface area (TPSA) is 106 Å². The van der Waals surface area contributed by atoms with Crippen LogP contribution in [0, 0.1) is 0 Å². The van der Waals surface area contributed by atoms with Gasteiger partial charge < -0.3 is 10.8 Å². The third-order valence-corrected chi connectivity index (χ3v) is 3.69. The lowest BCUT2D eigenvalue weighted by molar-refractivity contribution is 0.0697. The molecule has 0 atom stereocenters. The highest BCUT2D eigenvalue weighted by Crippen LogP contribution is 2.32. The number of aliphatic imine (C=N–C) groups is 1. The molecular weight excluding hydrogens is 308 g/mol. The first-order valence-electron chi connectivity index (χ1n) is 7.24. The van der Waals surface area contributed by atoms with Gasteiger partial charge in [-0.15, -0.1) is 0 Å². The molecule has 0 bridgehead atoms. The molecule has 2 heterocycles. The van der Waals surface area contributed by atoms with Crippen molar-refractivity contribution in [2.45, 2.75) is 0 Å². The fourth-order valence-electron chi connectivity index (χ4n) is 2.61. The van der Waals surface area contributed by atoms with Crippen LogP contribution in [0.25, 0.3) is 5.70 Å². The van der Waals surface area contributed by atoms with E-state index in [1.807, 2.05) is 36.4 Å². The number of guanidine groups is 1. The van der Waals surface area contributed by atoms with Crippen LogP contribution in [-0.4, -0.2) is 22.2 Å². The van der Waals surface area contributed by atoms with Gasteiger partial charge in [0.25, 0.3) is 0 Å². The van der Waals surface area contributed by atoms with Crippen LogP contribution in [-0.2, 0) is 0 Å². The van der Waals surface area contributed by atoms with Crippen LogP contribution in [0.1, 0.15) is 15.9 Å². The molecule has 0 saturated carbocycles. The lowest BCUT2D eigenvalue weighted by atomic mass is 10.1. The van der Waals surface area contributed by atoms with Gasteiger partial charge in [0.15, 0.2) is 0 Å². The maximum absolute atomic E-state index is 11.2. The monoisotopic (exact) mass is 322 g/mol. The van der Waals surface area contributed by atoms with Gasteiger partial charge in [-0.1, -0.05) is 30.3 Å². The smallest absolute Gasteiger partial charge is 0.335 e. The van der Waals surface area contributed by atoms with Gasteiger partial charge in [-0.05, 0) is 24.3 Å². The summed E-state index contributed by atoms with van der Waals surface area (Å²) in [7, 11) is 0. The van der Waals surface area contributed by atoms with E-state index in [1.54, 1.807) is 28.4 Å². The second-order valence-corrected chi connectivity index (χ2v) is 5.26. The van der Waals surface area contributed by atoms with Crippen LogP contribution in [0.2, 0.25) is 0 Å². The first-order chi connectivity index (χ1) is 11.6. The Hall–Kier alpha value is -3.68. The first kappa shape index (κ1) is 13.9. The summed E-state index contributed by atoms with van der Waals surface area (Å²) in [5.41, 5.74) is 14.4. The molecule has 0 radical (unpaired) electrons. The average molecular weight is 322 g/mol. The van der Waals surface area contributed by atoms with Gasteiger partial charge in [-0.25, -0.2) is 10.2 Å². The SMILES string of the molecule is NC1=NC2=C(c3cccc(C(=O)O)c3)NN(c3ccccc3)N2N1. The van der Waals surface area contributed by atoms with E-state index in [4.69, 9.17) is 5.73 Å². The number of anilines is 1. The Labute approximate surface area is 137 Å². The Kier molecular flexibility index (Phi) is 3.02. The predicted molar refractivity (Wildman–Crippen MR) is 89.0 cm³/mol. The second kappa shape index (κ2) is 5.20. The van der Waals surface area contributed by atoms with Crippen LogP contribution in [0.15, 0.2) is 65.4 Å². The molecule has 0 aliphatic carbocycles. The zero-order valence-electron chi connectivity index (χ0n) is 12.5. The molecule has 2 aromatic rings. The molecule has 120 valence electrons. The highest BCUT2D eigenvalue weighted by molar-refractivity contribution is 5.90. The van der Waals surface area contributed by atoms with E-state index in [9.17, 15) is 9.90 Å². The maximum Gasteiger partial charge on any atom is 0.335 e. The highest BCUT2D eigenvalue weighted by atomic mass is 16.4. The quantitative estimate of drug-likeness (QED) is 0.670. The van der Waals surface area contributed by atoms with E-state index in [2.05, 4.69) is 15.8 Å². The Morgan fingerprint density at radius 2 is 1.83 bits per heavy atom. The van der Waals surface area contributed by atoms with Gasteiger partial charge in [0, 0.05) is 5.56 Å². The number of carboxylic acid groups (broad SMARTS) is 1. The number of hydrazine groups is 3. The summed E-state index contributed by atoms with van der Waals surface area (Å²) in [6.07, 6.45) is 0. The summed E-state index contributed by atoms with van der Waals surface area (Å²) in [5.74, 6) is -0.150. The number of nitrogens with two attached hydrogens (primary N) is 1. The summed E-state index contributed by atoms with van der Waals surface area (Å²) >= 11 is 0. The number of nitrogens with zero attached hydrogens (tertiary/aromatic N) is 3. The number of hydrogen-bond donors (Lipinski definition) is 4. The van der Waals surface area contributed by atoms with Gasteiger partial charge in [-0.3, -0.25) is 5.43 Å². The summed E-state index contributed by atoms with van der Waals surface area (Å²) < 4.78 is 0. The molecule has 0 aromatic heterocycles. The van der Waals surface area contributed by atoms with Gasteiger partial charge in [0.2, 0.25) is 11.8 Å². The minimum absolute atomic E-state index is 0.204. The Morgan fingerprint density at radius 3 is 2.58 bits per heavy atom. The Balaban J connectivity index is 1.77. The van der Waals surface area contributed by atoms with E-state index in [1.165, 1.54) is 0 Å². The third kappa shape index (κ3) is 2.17. The molecule has 24 heavy (non-hydrogen) atoms. The molecular formula is C16H14N6O2. The molecule has 5 N–H and O–H groups in total. The number of aromatic carboxylic acids is 1. The van der Waals surface area contributed by atoms with Gasteiger partial charge in [-0.2, -0.15) is 15.2 Å². The lowest BCUT2D eigenvalue weighted by Gasteiger charge is -2.28. The third-order valence-electron chi connectivity index (χ3n) is 3.69. The number of hydrogen-bond acceptors (Lipinski definition) is 7.